The maximum Gasteiger partial charge on any atom is 0.318 e. The van der Waals surface area contributed by atoms with Crippen molar-refractivity contribution in [1.82, 2.24) is 14.8 Å². The summed E-state index contributed by atoms with van der Waals surface area (Å²) in [6, 6.07) is 14.0. The molecule has 3 aromatic rings. The molecule has 0 saturated heterocycles. The van der Waals surface area contributed by atoms with Crippen LogP contribution in [0.25, 0.3) is 5.69 Å². The molecule has 0 aliphatic carbocycles. The normalized spacial score (nSPS) is 15.3. The SMILES string of the molecule is COCCCNC(=O)N1Cc2ccccc2-n2cccc2[C@H]1c1cc(F)cc(F)c1. The van der Waals surface area contributed by atoms with Crippen molar-refractivity contribution in [1.29, 1.82) is 0 Å². The highest BCUT2D eigenvalue weighted by Gasteiger charge is 2.33. The summed E-state index contributed by atoms with van der Waals surface area (Å²) in [5, 5.41) is 2.91. The van der Waals surface area contributed by atoms with Crippen LogP contribution in [0.5, 0.6) is 0 Å². The molecule has 0 saturated carbocycles. The first-order chi connectivity index (χ1) is 14.6. The molecule has 5 nitrogen and oxygen atoms in total. The summed E-state index contributed by atoms with van der Waals surface area (Å²) in [6.07, 6.45) is 2.57. The molecule has 4 rings (SSSR count). The van der Waals surface area contributed by atoms with Crippen LogP contribution in [0, 0.1) is 11.6 Å². The summed E-state index contributed by atoms with van der Waals surface area (Å²) in [5.41, 5.74) is 3.03. The van der Waals surface area contributed by atoms with Crippen LogP contribution in [0.3, 0.4) is 0 Å². The minimum Gasteiger partial charge on any atom is -0.385 e. The van der Waals surface area contributed by atoms with Crippen molar-refractivity contribution in [2.24, 2.45) is 0 Å². The summed E-state index contributed by atoms with van der Waals surface area (Å²) in [6.45, 7) is 1.28. The lowest BCUT2D eigenvalue weighted by Crippen LogP contribution is -2.42. The van der Waals surface area contributed by atoms with E-state index in [0.717, 1.165) is 23.0 Å². The van der Waals surface area contributed by atoms with Crippen LogP contribution in [0.4, 0.5) is 13.6 Å². The zero-order chi connectivity index (χ0) is 21.1. The van der Waals surface area contributed by atoms with Crippen molar-refractivity contribution in [2.75, 3.05) is 20.3 Å². The molecule has 0 unspecified atom stereocenters. The molecule has 0 bridgehead atoms. The van der Waals surface area contributed by atoms with Gasteiger partial charge >= 0.3 is 6.03 Å². The van der Waals surface area contributed by atoms with E-state index in [1.807, 2.05) is 47.2 Å². The Kier molecular flexibility index (Phi) is 5.81. The average Bonchev–Trinajstić information content (AvgIpc) is 3.14. The fourth-order valence-electron chi connectivity index (χ4n) is 3.94. The van der Waals surface area contributed by atoms with E-state index in [1.165, 1.54) is 12.1 Å². The van der Waals surface area contributed by atoms with Crippen molar-refractivity contribution in [2.45, 2.75) is 19.0 Å². The number of hydrogen-bond donors (Lipinski definition) is 1. The second-order valence-electron chi connectivity index (χ2n) is 7.24. The van der Waals surface area contributed by atoms with Crippen molar-refractivity contribution >= 4 is 6.03 Å². The predicted octanol–water partition coefficient (Wildman–Crippen LogP) is 4.41. The standard InChI is InChI=1S/C23H23F2N3O2/c1-30-11-5-9-26-23(29)28-15-16-6-2-3-7-20(16)27-10-4-8-21(27)22(28)17-12-18(24)14-19(25)13-17/h2-4,6-8,10,12-14,22H,5,9,11,15H2,1H3,(H,26,29)/t22-/m1/s1. The van der Waals surface area contributed by atoms with Gasteiger partial charge in [0.2, 0.25) is 0 Å². The quantitative estimate of drug-likeness (QED) is 0.633. The van der Waals surface area contributed by atoms with Crippen LogP contribution in [-0.4, -0.2) is 35.8 Å². The van der Waals surface area contributed by atoms with E-state index in [2.05, 4.69) is 5.32 Å². The number of urea groups is 1. The number of aromatic nitrogens is 1. The molecule has 0 radical (unpaired) electrons. The Morgan fingerprint density at radius 3 is 2.67 bits per heavy atom. The Hall–Kier alpha value is -3.19. The number of carbonyl (C=O) groups excluding carboxylic acids is 1. The molecule has 1 aliphatic rings. The zero-order valence-electron chi connectivity index (χ0n) is 16.6. The molecule has 0 fully saturated rings. The van der Waals surface area contributed by atoms with Gasteiger partial charge in [-0.3, -0.25) is 0 Å². The lowest BCUT2D eigenvalue weighted by molar-refractivity contribution is 0.174. The Balaban J connectivity index is 1.80. The average molecular weight is 411 g/mol. The number of nitrogens with zero attached hydrogens (tertiary/aromatic N) is 2. The maximum absolute atomic E-state index is 14.1. The van der Waals surface area contributed by atoms with Gasteiger partial charge in [-0.2, -0.15) is 0 Å². The van der Waals surface area contributed by atoms with Crippen LogP contribution in [-0.2, 0) is 11.3 Å². The number of nitrogens with one attached hydrogen (secondary N) is 1. The molecule has 2 aromatic carbocycles. The number of halogens is 2. The van der Waals surface area contributed by atoms with Gasteiger partial charge in [-0.25, -0.2) is 13.6 Å². The summed E-state index contributed by atoms with van der Waals surface area (Å²) in [5.74, 6) is -1.35. The molecule has 1 aliphatic heterocycles. The van der Waals surface area contributed by atoms with Crippen LogP contribution >= 0.6 is 0 Å². The Morgan fingerprint density at radius 2 is 1.90 bits per heavy atom. The van der Waals surface area contributed by atoms with Crippen LogP contribution in [0.1, 0.15) is 29.3 Å². The Labute approximate surface area is 173 Å². The van der Waals surface area contributed by atoms with E-state index >= 15 is 0 Å². The number of rotatable bonds is 5. The van der Waals surface area contributed by atoms with Gasteiger partial charge in [0.1, 0.15) is 11.6 Å². The van der Waals surface area contributed by atoms with E-state index in [-0.39, 0.29) is 6.03 Å². The van der Waals surface area contributed by atoms with Crippen molar-refractivity contribution < 1.29 is 18.3 Å². The first-order valence-corrected chi connectivity index (χ1v) is 9.83. The molecule has 1 atom stereocenters. The van der Waals surface area contributed by atoms with E-state index in [0.29, 0.717) is 31.7 Å². The van der Waals surface area contributed by atoms with Gasteiger partial charge < -0.3 is 19.5 Å². The first kappa shape index (κ1) is 20.1. The molecule has 0 spiro atoms. The number of hydrogen-bond acceptors (Lipinski definition) is 2. The van der Waals surface area contributed by atoms with E-state index in [4.69, 9.17) is 4.74 Å². The fraction of sp³-hybridized carbons (Fsp3) is 0.261. The summed E-state index contributed by atoms with van der Waals surface area (Å²) in [7, 11) is 1.61. The van der Waals surface area contributed by atoms with Gasteiger partial charge in [0.15, 0.2) is 0 Å². The van der Waals surface area contributed by atoms with E-state index < -0.39 is 17.7 Å². The number of para-hydroxylation sites is 1. The third-order valence-electron chi connectivity index (χ3n) is 5.23. The second kappa shape index (κ2) is 8.67. The van der Waals surface area contributed by atoms with Gasteiger partial charge in [-0.05, 0) is 47.9 Å². The highest BCUT2D eigenvalue weighted by molar-refractivity contribution is 5.76. The fourth-order valence-corrected chi connectivity index (χ4v) is 3.94. The second-order valence-corrected chi connectivity index (χ2v) is 7.24. The lowest BCUT2D eigenvalue weighted by Gasteiger charge is -2.31. The molecule has 1 N–H and O–H groups in total. The largest absolute Gasteiger partial charge is 0.385 e. The topological polar surface area (TPSA) is 46.5 Å². The number of amides is 2. The minimum absolute atomic E-state index is 0.301. The highest BCUT2D eigenvalue weighted by atomic mass is 19.1. The monoisotopic (exact) mass is 411 g/mol. The van der Waals surface area contributed by atoms with Crippen molar-refractivity contribution in [3.8, 4) is 5.69 Å². The van der Waals surface area contributed by atoms with Gasteiger partial charge in [-0.1, -0.05) is 18.2 Å². The highest BCUT2D eigenvalue weighted by Crippen LogP contribution is 2.37. The summed E-state index contributed by atoms with van der Waals surface area (Å²) >= 11 is 0. The number of fused-ring (bicyclic) bond motifs is 3. The smallest absolute Gasteiger partial charge is 0.318 e. The molecule has 2 heterocycles. The molecule has 30 heavy (non-hydrogen) atoms. The summed E-state index contributed by atoms with van der Waals surface area (Å²) < 4.78 is 35.2. The maximum atomic E-state index is 14.1. The zero-order valence-corrected chi connectivity index (χ0v) is 16.6. The summed E-state index contributed by atoms with van der Waals surface area (Å²) in [4.78, 5) is 14.8. The van der Waals surface area contributed by atoms with Crippen molar-refractivity contribution in [3.05, 3.63) is 89.2 Å². The van der Waals surface area contributed by atoms with Crippen molar-refractivity contribution in [3.63, 3.8) is 0 Å². The van der Waals surface area contributed by atoms with Gasteiger partial charge in [-0.15, -0.1) is 0 Å². The number of benzene rings is 2. The third-order valence-corrected chi connectivity index (χ3v) is 5.23. The van der Waals surface area contributed by atoms with Crippen LogP contribution in [0.2, 0.25) is 0 Å². The molecular formula is C23H23F2N3O2. The van der Waals surface area contributed by atoms with Gasteiger partial charge in [0.25, 0.3) is 0 Å². The lowest BCUT2D eigenvalue weighted by atomic mass is 10.0. The van der Waals surface area contributed by atoms with Crippen LogP contribution < -0.4 is 5.32 Å². The molecule has 1 aromatic heterocycles. The Morgan fingerprint density at radius 1 is 1.13 bits per heavy atom. The molecule has 156 valence electrons. The number of ether oxygens (including phenoxy) is 1. The Bertz CT molecular complexity index is 1030. The minimum atomic E-state index is -0.676. The van der Waals surface area contributed by atoms with Gasteiger partial charge in [0, 0.05) is 38.2 Å². The van der Waals surface area contributed by atoms with Gasteiger partial charge in [0.05, 0.1) is 18.3 Å². The molecule has 7 heteroatoms. The molecular weight excluding hydrogens is 388 g/mol. The molecule has 2 amide bonds. The van der Waals surface area contributed by atoms with Crippen LogP contribution in [0.15, 0.2) is 60.8 Å². The van der Waals surface area contributed by atoms with E-state index in [9.17, 15) is 13.6 Å². The number of methoxy groups -OCH3 is 1. The van der Waals surface area contributed by atoms with E-state index in [1.54, 1.807) is 12.0 Å². The number of carbonyl (C=O) groups is 1. The third kappa shape index (κ3) is 3.93. The predicted molar refractivity (Wildman–Crippen MR) is 109 cm³/mol. The first-order valence-electron chi connectivity index (χ1n) is 9.83.